The molecule has 0 aliphatic rings. The molecule has 14 heteroatoms. The summed E-state index contributed by atoms with van der Waals surface area (Å²) in [6.45, 7) is 1.77. The number of halogens is 7. The minimum atomic E-state index is -6.04. The van der Waals surface area contributed by atoms with E-state index >= 15 is 0 Å². The Morgan fingerprint density at radius 1 is 1.08 bits per heavy atom. The molecule has 0 fully saturated rings. The second kappa shape index (κ2) is 9.30. The van der Waals surface area contributed by atoms with Crippen molar-refractivity contribution in [2.24, 2.45) is 0 Å². The average molecular weight is 564 g/mol. The number of fused-ring (bicyclic) bond motifs is 1. The molecule has 0 bridgehead atoms. The number of alkyl halides is 6. The van der Waals surface area contributed by atoms with Crippen LogP contribution in [0, 0.1) is 6.92 Å². The lowest BCUT2D eigenvalue weighted by Crippen LogP contribution is -2.53. The molecule has 0 saturated carbocycles. The van der Waals surface area contributed by atoms with Gasteiger partial charge in [0, 0.05) is 29.1 Å². The van der Waals surface area contributed by atoms with Crippen molar-refractivity contribution >= 4 is 33.8 Å². The lowest BCUT2D eigenvalue weighted by Gasteiger charge is -2.32. The van der Waals surface area contributed by atoms with E-state index in [1.54, 1.807) is 13.1 Å². The number of thiazole rings is 1. The molecular formula is C23H16ClF6N3O3S. The number of methoxy groups -OCH3 is 1. The normalized spacial score (nSPS) is 12.8. The third kappa shape index (κ3) is 4.66. The summed E-state index contributed by atoms with van der Waals surface area (Å²) in [6, 6.07) is 5.44. The number of rotatable bonds is 5. The first-order chi connectivity index (χ1) is 17.2. The predicted molar refractivity (Wildman–Crippen MR) is 125 cm³/mol. The van der Waals surface area contributed by atoms with E-state index in [9.17, 15) is 36.2 Å². The van der Waals surface area contributed by atoms with Crippen LogP contribution < -0.4 is 10.3 Å². The number of hydrogen-bond donors (Lipinski definition) is 1. The first kappa shape index (κ1) is 26.9. The van der Waals surface area contributed by atoms with E-state index in [4.69, 9.17) is 16.3 Å². The minimum Gasteiger partial charge on any atom is -0.495 e. The smallest absolute Gasteiger partial charge is 0.430 e. The molecule has 196 valence electrons. The highest BCUT2D eigenvalue weighted by Crippen LogP contribution is 2.50. The average Bonchev–Trinajstić information content (AvgIpc) is 3.22. The van der Waals surface area contributed by atoms with Gasteiger partial charge in [-0.15, -0.1) is 11.3 Å². The van der Waals surface area contributed by atoms with Gasteiger partial charge in [0.2, 0.25) is 0 Å². The lowest BCUT2D eigenvalue weighted by molar-refractivity contribution is -0.376. The number of aliphatic hydroxyl groups is 1. The summed E-state index contributed by atoms with van der Waals surface area (Å²) in [7, 11) is 1.37. The molecule has 0 unspecified atom stereocenters. The third-order valence-electron chi connectivity index (χ3n) is 5.58. The van der Waals surface area contributed by atoms with Crippen molar-refractivity contribution in [3.63, 3.8) is 0 Å². The van der Waals surface area contributed by atoms with Crippen molar-refractivity contribution in [2.45, 2.75) is 31.3 Å². The molecule has 37 heavy (non-hydrogen) atoms. The molecule has 0 radical (unpaired) electrons. The van der Waals surface area contributed by atoms with Crippen LogP contribution in [0.4, 0.5) is 26.3 Å². The van der Waals surface area contributed by atoms with Crippen molar-refractivity contribution in [1.29, 1.82) is 0 Å². The number of aromatic nitrogens is 3. The molecule has 6 nitrogen and oxygen atoms in total. The third-order valence-corrected chi connectivity index (χ3v) is 6.78. The van der Waals surface area contributed by atoms with Gasteiger partial charge in [-0.25, -0.2) is 9.97 Å². The fourth-order valence-electron chi connectivity index (χ4n) is 3.76. The number of aryl methyl sites for hydroxylation is 1. The van der Waals surface area contributed by atoms with Gasteiger partial charge in [0.05, 0.1) is 33.7 Å². The van der Waals surface area contributed by atoms with Crippen LogP contribution in [0.2, 0.25) is 5.02 Å². The van der Waals surface area contributed by atoms with Gasteiger partial charge >= 0.3 is 12.4 Å². The zero-order chi connectivity index (χ0) is 27.3. The molecule has 2 heterocycles. The van der Waals surface area contributed by atoms with Gasteiger partial charge in [0.25, 0.3) is 11.2 Å². The highest BCUT2D eigenvalue weighted by molar-refractivity contribution is 7.11. The molecule has 0 spiro atoms. The topological polar surface area (TPSA) is 77.2 Å². The molecule has 0 aliphatic heterocycles. The largest absolute Gasteiger partial charge is 0.495 e. The summed E-state index contributed by atoms with van der Waals surface area (Å²) in [5.41, 5.74) is -7.07. The maximum atomic E-state index is 13.5. The highest BCUT2D eigenvalue weighted by Gasteiger charge is 2.71. The van der Waals surface area contributed by atoms with Gasteiger partial charge in [0.15, 0.2) is 0 Å². The number of hydrogen-bond acceptors (Lipinski definition) is 6. The standard InChI is InChI=1S/C23H16ClF6N3O3S/c1-11-31-10-14(37-11)7-19-32-17-9-18(36-2)16(24)8-15(17)20(34)33(19)13-5-3-12(4-6-13)21(35,22(25,26)27)23(28,29)30/h3-6,8-10,35H,7H2,1-2H3. The van der Waals surface area contributed by atoms with E-state index < -0.39 is 29.1 Å². The number of ether oxygens (including phenoxy) is 1. The molecule has 1 N–H and O–H groups in total. The number of nitrogens with zero attached hydrogens (tertiary/aromatic N) is 3. The van der Waals surface area contributed by atoms with Gasteiger partial charge in [-0.1, -0.05) is 23.7 Å². The van der Waals surface area contributed by atoms with Crippen molar-refractivity contribution in [3.8, 4) is 11.4 Å². The van der Waals surface area contributed by atoms with Crippen molar-refractivity contribution in [3.05, 3.63) is 79.2 Å². The molecule has 2 aromatic carbocycles. The Morgan fingerprint density at radius 2 is 1.70 bits per heavy atom. The summed E-state index contributed by atoms with van der Waals surface area (Å²) in [6.07, 6.45) is -10.4. The fraction of sp³-hybridized carbons (Fsp3) is 0.261. The van der Waals surface area contributed by atoms with E-state index in [0.29, 0.717) is 17.0 Å². The quantitative estimate of drug-likeness (QED) is 0.315. The van der Waals surface area contributed by atoms with E-state index in [0.717, 1.165) is 21.7 Å². The molecule has 4 rings (SSSR count). The van der Waals surface area contributed by atoms with Crippen LogP contribution in [0.3, 0.4) is 0 Å². The molecule has 0 atom stereocenters. The molecule has 0 amide bonds. The Kier molecular flexibility index (Phi) is 6.76. The summed E-state index contributed by atoms with van der Waals surface area (Å²) in [5.74, 6) is 0.390. The molecule has 2 aromatic heterocycles. The van der Waals surface area contributed by atoms with Gasteiger partial charge in [-0.2, -0.15) is 26.3 Å². The van der Waals surface area contributed by atoms with Crippen LogP contribution >= 0.6 is 22.9 Å². The lowest BCUT2D eigenvalue weighted by atomic mass is 9.92. The van der Waals surface area contributed by atoms with Gasteiger partial charge < -0.3 is 9.84 Å². The van der Waals surface area contributed by atoms with Crippen LogP contribution in [0.1, 0.15) is 21.3 Å². The molecular weight excluding hydrogens is 548 g/mol. The summed E-state index contributed by atoms with van der Waals surface area (Å²) >= 11 is 7.48. The van der Waals surface area contributed by atoms with Crippen LogP contribution in [0.5, 0.6) is 5.75 Å². The van der Waals surface area contributed by atoms with Crippen molar-refractivity contribution in [1.82, 2.24) is 14.5 Å². The Bertz CT molecular complexity index is 1520. The fourth-order valence-corrected chi connectivity index (χ4v) is 4.79. The van der Waals surface area contributed by atoms with Crippen LogP contribution in [0.15, 0.2) is 47.4 Å². The first-order valence-corrected chi connectivity index (χ1v) is 11.5. The van der Waals surface area contributed by atoms with Gasteiger partial charge in [-0.05, 0) is 25.1 Å². The number of benzene rings is 2. The summed E-state index contributed by atoms with van der Waals surface area (Å²) in [5, 5.41) is 10.6. The van der Waals surface area contributed by atoms with Crippen LogP contribution in [0.25, 0.3) is 16.6 Å². The molecule has 4 aromatic rings. The Hall–Kier alpha value is -3.16. The zero-order valence-corrected chi connectivity index (χ0v) is 20.5. The first-order valence-electron chi connectivity index (χ1n) is 10.3. The maximum Gasteiger partial charge on any atom is 0.430 e. The van der Waals surface area contributed by atoms with Crippen LogP contribution in [-0.4, -0.2) is 39.1 Å². The minimum absolute atomic E-state index is 0.0428. The zero-order valence-electron chi connectivity index (χ0n) is 18.9. The summed E-state index contributed by atoms with van der Waals surface area (Å²) < 4.78 is 86.0. The second-order valence-electron chi connectivity index (χ2n) is 7.95. The van der Waals surface area contributed by atoms with E-state index in [1.807, 2.05) is 0 Å². The van der Waals surface area contributed by atoms with E-state index in [1.165, 1.54) is 30.6 Å². The van der Waals surface area contributed by atoms with Crippen LogP contribution in [-0.2, 0) is 12.0 Å². The van der Waals surface area contributed by atoms with E-state index in [-0.39, 0.29) is 39.6 Å². The monoisotopic (exact) mass is 563 g/mol. The second-order valence-corrected chi connectivity index (χ2v) is 9.67. The summed E-state index contributed by atoms with van der Waals surface area (Å²) in [4.78, 5) is 22.9. The van der Waals surface area contributed by atoms with Gasteiger partial charge in [0.1, 0.15) is 11.6 Å². The van der Waals surface area contributed by atoms with E-state index in [2.05, 4.69) is 9.97 Å². The Labute approximate surface area is 213 Å². The Balaban J connectivity index is 1.93. The van der Waals surface area contributed by atoms with Crippen molar-refractivity contribution in [2.75, 3.05) is 7.11 Å². The highest BCUT2D eigenvalue weighted by atomic mass is 35.5. The van der Waals surface area contributed by atoms with Crippen molar-refractivity contribution < 1.29 is 36.2 Å². The van der Waals surface area contributed by atoms with Gasteiger partial charge in [-0.3, -0.25) is 9.36 Å². The molecule has 0 aliphatic carbocycles. The maximum absolute atomic E-state index is 13.5. The Morgan fingerprint density at radius 3 is 2.22 bits per heavy atom. The SMILES string of the molecule is COc1cc2nc(Cc3cnc(C)s3)n(-c3ccc(C(O)(C(F)(F)F)C(F)(F)F)cc3)c(=O)c2cc1Cl. The predicted octanol–water partition coefficient (Wildman–Crippen LogP) is 5.72. The molecule has 0 saturated heterocycles.